The van der Waals surface area contributed by atoms with Gasteiger partial charge in [-0.3, -0.25) is 4.57 Å². The first-order valence-electron chi connectivity index (χ1n) is 9.91. The number of aromatic nitrogens is 3. The molecule has 2 aromatic carbocycles. The molecule has 0 spiro atoms. The van der Waals surface area contributed by atoms with Crippen LogP contribution in [0.2, 0.25) is 0 Å². The summed E-state index contributed by atoms with van der Waals surface area (Å²) < 4.78 is 57.8. The van der Waals surface area contributed by atoms with Gasteiger partial charge in [-0.25, -0.2) is 0 Å². The molecule has 1 heterocycles. The largest absolute Gasteiger partial charge is 0.497 e. The molecule has 0 amide bonds. The van der Waals surface area contributed by atoms with Crippen molar-refractivity contribution in [2.24, 2.45) is 0 Å². The van der Waals surface area contributed by atoms with Crippen LogP contribution in [0, 0.1) is 0 Å². The van der Waals surface area contributed by atoms with Crippen molar-refractivity contribution in [3.05, 3.63) is 59.9 Å². The van der Waals surface area contributed by atoms with Gasteiger partial charge in [-0.05, 0) is 56.3 Å². The maximum Gasteiger partial charge on any atom is 0.416 e. The Bertz CT molecular complexity index is 1010. The number of rotatable bonds is 10. The molecule has 0 saturated carbocycles. The van der Waals surface area contributed by atoms with E-state index in [4.69, 9.17) is 14.2 Å². The van der Waals surface area contributed by atoms with E-state index in [1.807, 2.05) is 13.8 Å². The number of ether oxygens (including phenoxy) is 3. The van der Waals surface area contributed by atoms with Crippen molar-refractivity contribution in [3.63, 3.8) is 0 Å². The zero-order valence-electron chi connectivity index (χ0n) is 17.9. The lowest BCUT2D eigenvalue weighted by Gasteiger charge is -2.14. The molecule has 172 valence electrons. The average Bonchev–Trinajstić information content (AvgIpc) is 3.17. The molecule has 0 fully saturated rings. The van der Waals surface area contributed by atoms with Crippen molar-refractivity contribution >= 4 is 11.8 Å². The van der Waals surface area contributed by atoms with E-state index in [1.54, 1.807) is 42.0 Å². The summed E-state index contributed by atoms with van der Waals surface area (Å²) in [7, 11) is 1.57. The molecule has 0 aliphatic carbocycles. The molecule has 3 rings (SSSR count). The van der Waals surface area contributed by atoms with E-state index in [-0.39, 0.29) is 12.7 Å². The van der Waals surface area contributed by atoms with Crippen LogP contribution in [0.4, 0.5) is 13.2 Å². The van der Waals surface area contributed by atoms with Gasteiger partial charge in [0.15, 0.2) is 11.0 Å². The molecule has 6 nitrogen and oxygen atoms in total. The second-order valence-electron chi connectivity index (χ2n) is 7.01. The highest BCUT2D eigenvalue weighted by molar-refractivity contribution is 7.99. The SMILES string of the molecule is COc1ccc(OCc2nnc(SCCOC(C)C)n2-c2cccc(C(F)(F)F)c2)cc1. The third-order valence-corrected chi connectivity index (χ3v) is 5.22. The zero-order valence-corrected chi connectivity index (χ0v) is 18.7. The summed E-state index contributed by atoms with van der Waals surface area (Å²) in [6.45, 7) is 4.38. The molecule has 3 aromatic rings. The van der Waals surface area contributed by atoms with E-state index in [1.165, 1.54) is 17.8 Å². The van der Waals surface area contributed by atoms with Crippen molar-refractivity contribution in [1.29, 1.82) is 0 Å². The van der Waals surface area contributed by atoms with Crippen LogP contribution in [-0.2, 0) is 17.5 Å². The first-order chi connectivity index (χ1) is 15.3. The van der Waals surface area contributed by atoms with Crippen LogP contribution in [0.5, 0.6) is 11.5 Å². The highest BCUT2D eigenvalue weighted by Gasteiger charge is 2.31. The van der Waals surface area contributed by atoms with E-state index in [9.17, 15) is 13.2 Å². The van der Waals surface area contributed by atoms with Crippen LogP contribution in [0.3, 0.4) is 0 Å². The predicted octanol–water partition coefficient (Wildman–Crippen LogP) is 5.39. The van der Waals surface area contributed by atoms with Gasteiger partial charge < -0.3 is 14.2 Å². The van der Waals surface area contributed by atoms with Crippen LogP contribution in [0.15, 0.2) is 53.7 Å². The summed E-state index contributed by atoms with van der Waals surface area (Å²) in [6, 6.07) is 12.0. The Hall–Kier alpha value is -2.72. The van der Waals surface area contributed by atoms with E-state index >= 15 is 0 Å². The number of benzene rings is 2. The summed E-state index contributed by atoms with van der Waals surface area (Å²) >= 11 is 1.36. The van der Waals surface area contributed by atoms with Gasteiger partial charge in [-0.1, -0.05) is 17.8 Å². The maximum absolute atomic E-state index is 13.3. The molecule has 0 atom stereocenters. The quantitative estimate of drug-likeness (QED) is 0.294. The van der Waals surface area contributed by atoms with Crippen LogP contribution < -0.4 is 9.47 Å². The third kappa shape index (κ3) is 6.39. The maximum atomic E-state index is 13.3. The van der Waals surface area contributed by atoms with E-state index < -0.39 is 11.7 Å². The van der Waals surface area contributed by atoms with Gasteiger partial charge in [0.1, 0.15) is 18.1 Å². The number of thioether (sulfide) groups is 1. The van der Waals surface area contributed by atoms with E-state index in [0.717, 1.165) is 12.1 Å². The second-order valence-corrected chi connectivity index (χ2v) is 8.08. The number of methoxy groups -OCH3 is 1. The van der Waals surface area contributed by atoms with E-state index in [0.29, 0.717) is 40.5 Å². The first-order valence-corrected chi connectivity index (χ1v) is 10.9. The van der Waals surface area contributed by atoms with Crippen LogP contribution in [-0.4, -0.2) is 40.3 Å². The second kappa shape index (κ2) is 10.7. The highest BCUT2D eigenvalue weighted by Crippen LogP contribution is 2.32. The number of alkyl halides is 3. The molecule has 0 aliphatic heterocycles. The van der Waals surface area contributed by atoms with Gasteiger partial charge in [0.05, 0.1) is 31.1 Å². The molecule has 0 bridgehead atoms. The fraction of sp³-hybridized carbons (Fsp3) is 0.364. The standard InChI is InChI=1S/C22H24F3N3O3S/c1-15(2)30-11-12-32-21-27-26-20(14-31-19-9-7-18(29-3)8-10-19)28(21)17-6-4-5-16(13-17)22(23,24)25/h4-10,13,15H,11-12,14H2,1-3H3. The van der Waals surface area contributed by atoms with Crippen molar-refractivity contribution in [2.75, 3.05) is 19.5 Å². The predicted molar refractivity (Wildman–Crippen MR) is 115 cm³/mol. The number of hydrogen-bond donors (Lipinski definition) is 0. The lowest BCUT2D eigenvalue weighted by molar-refractivity contribution is -0.137. The Morgan fingerprint density at radius 3 is 2.41 bits per heavy atom. The van der Waals surface area contributed by atoms with Gasteiger partial charge in [0, 0.05) is 5.75 Å². The van der Waals surface area contributed by atoms with Gasteiger partial charge in [0.2, 0.25) is 0 Å². The molecule has 0 saturated heterocycles. The molecule has 0 aliphatic rings. The molecule has 1 aromatic heterocycles. The van der Waals surface area contributed by atoms with Crippen molar-refractivity contribution < 1.29 is 27.4 Å². The number of halogens is 3. The fourth-order valence-corrected chi connectivity index (χ4v) is 3.61. The Kier molecular flexibility index (Phi) is 8.03. The van der Waals surface area contributed by atoms with E-state index in [2.05, 4.69) is 10.2 Å². The van der Waals surface area contributed by atoms with Crippen molar-refractivity contribution in [2.45, 2.75) is 37.9 Å². The van der Waals surface area contributed by atoms with Crippen molar-refractivity contribution in [1.82, 2.24) is 14.8 Å². The summed E-state index contributed by atoms with van der Waals surface area (Å²) in [5.41, 5.74) is -0.435. The molecule has 0 N–H and O–H groups in total. The topological polar surface area (TPSA) is 58.4 Å². The minimum Gasteiger partial charge on any atom is -0.497 e. The summed E-state index contributed by atoms with van der Waals surface area (Å²) in [5.74, 6) is 2.22. The minimum absolute atomic E-state index is 0.0264. The molecule has 0 unspecified atom stereocenters. The normalized spacial score (nSPS) is 11.7. The Morgan fingerprint density at radius 2 is 1.75 bits per heavy atom. The molecular formula is C22H24F3N3O3S. The number of nitrogens with zero attached hydrogens (tertiary/aromatic N) is 3. The van der Waals surface area contributed by atoms with Gasteiger partial charge >= 0.3 is 6.18 Å². The molecule has 10 heteroatoms. The summed E-state index contributed by atoms with van der Waals surface area (Å²) in [5, 5.41) is 8.81. The summed E-state index contributed by atoms with van der Waals surface area (Å²) in [6.07, 6.45) is -4.37. The van der Waals surface area contributed by atoms with Crippen LogP contribution >= 0.6 is 11.8 Å². The van der Waals surface area contributed by atoms with Crippen molar-refractivity contribution in [3.8, 4) is 17.2 Å². The Morgan fingerprint density at radius 1 is 1.03 bits per heavy atom. The smallest absolute Gasteiger partial charge is 0.416 e. The minimum atomic E-state index is -4.46. The monoisotopic (exact) mass is 467 g/mol. The third-order valence-electron chi connectivity index (χ3n) is 4.33. The lowest BCUT2D eigenvalue weighted by Crippen LogP contribution is -2.10. The first kappa shape index (κ1) is 23.9. The lowest BCUT2D eigenvalue weighted by atomic mass is 10.2. The highest BCUT2D eigenvalue weighted by atomic mass is 32.2. The molecule has 0 radical (unpaired) electrons. The van der Waals surface area contributed by atoms with Gasteiger partial charge in [-0.15, -0.1) is 10.2 Å². The zero-order chi connectivity index (χ0) is 23.1. The average molecular weight is 468 g/mol. The van der Waals surface area contributed by atoms with Gasteiger partial charge in [0.25, 0.3) is 0 Å². The summed E-state index contributed by atoms with van der Waals surface area (Å²) in [4.78, 5) is 0. The molecular weight excluding hydrogens is 443 g/mol. The Balaban J connectivity index is 1.85. The van der Waals surface area contributed by atoms with Crippen LogP contribution in [0.1, 0.15) is 25.2 Å². The van der Waals surface area contributed by atoms with Gasteiger partial charge in [-0.2, -0.15) is 13.2 Å². The molecule has 32 heavy (non-hydrogen) atoms. The fourth-order valence-electron chi connectivity index (χ4n) is 2.80. The number of hydrogen-bond acceptors (Lipinski definition) is 6. The van der Waals surface area contributed by atoms with Crippen LogP contribution in [0.25, 0.3) is 5.69 Å². The Labute approximate surface area is 188 Å².